The van der Waals surface area contributed by atoms with Gasteiger partial charge in [0.25, 0.3) is 10.0 Å². The number of aryl methyl sites for hydroxylation is 1. The number of rotatable bonds is 22. The predicted octanol–water partition coefficient (Wildman–Crippen LogP) is 2.80. The van der Waals surface area contributed by atoms with Gasteiger partial charge >= 0.3 is 0 Å². The molecule has 8 amide bonds. The molecule has 1 saturated heterocycles. The van der Waals surface area contributed by atoms with Crippen LogP contribution < -0.4 is 71.9 Å². The molecule has 6 aromatic carbocycles. The first kappa shape index (κ1) is 86.4. The molecule has 638 valence electrons. The van der Waals surface area contributed by atoms with Crippen molar-refractivity contribution in [2.45, 2.75) is 169 Å². The van der Waals surface area contributed by atoms with Gasteiger partial charge in [0.1, 0.15) is 114 Å². The standard InChI is InChI=1S/C82H97ClN10O25S/c1-6-112-17-18-113-19-20-114-47-10-12-48(13-11-47)119(110,111)93-61(97)34-53-76(104)88-65-45-30-58(115-56-15-8-41(22-37(56)4)69(98)67(80(108)86-53)91-75(103)52(85-5)21-36(2)3)74(118-82-73(102)72(101)71(100)60(35-84)117-82)59(31-45)116-57-16-9-42(29-51(57)83)70(99)68-81(109)90-66(79(107)87-63-43-24-38-23-39(26-43)27-44(63)25-38)50-32-46(94)33-55(96)62(50)49-28-40(7-14-54(49)95)64(77(105)92-68)89-78(65)106/h7-16,22,28-33,36,38-39,43-44,52-53,60,63-73,82,85,94-96,98-102H,6,17-21,23-27,34-35,84H2,1-5H3,(H,86,108)(H,87,107)(H,88,104)(H,89,106)(H,90,109)(H,91,103)(H,92,105)(H,93,97)/t38?,39?,43?,44?,52-,53+,60-,63?,64-,65-,66+,67-,68+,69-,70-,71-,72+,73-,82+/m1/s1. The zero-order valence-corrected chi connectivity index (χ0v) is 67.0. The molecule has 119 heavy (non-hydrogen) atoms. The number of aromatic hydroxyl groups is 3. The van der Waals surface area contributed by atoms with Gasteiger partial charge in [0.2, 0.25) is 59.3 Å². The number of aliphatic hydroxyl groups excluding tert-OH is 5. The number of hydrogen-bond acceptors (Lipinski definition) is 27. The molecular weight excluding hydrogens is 1590 g/mol. The zero-order chi connectivity index (χ0) is 85.2. The van der Waals surface area contributed by atoms with Crippen molar-refractivity contribution in [2.75, 3.05) is 46.6 Å². The average Bonchev–Trinajstić information content (AvgIpc) is 0.757. The van der Waals surface area contributed by atoms with Crippen molar-refractivity contribution in [3.63, 3.8) is 0 Å². The fourth-order valence-electron chi connectivity index (χ4n) is 16.9. The van der Waals surface area contributed by atoms with Crippen molar-refractivity contribution in [2.24, 2.45) is 35.3 Å². The Kier molecular flexibility index (Phi) is 26.6. The van der Waals surface area contributed by atoms with E-state index < -0.39 is 200 Å². The number of likely N-dealkylation sites (N-methyl/N-ethyl adjacent to an activating group) is 1. The van der Waals surface area contributed by atoms with E-state index in [2.05, 4.69) is 42.5 Å². The van der Waals surface area contributed by atoms with E-state index in [1.54, 1.807) is 0 Å². The van der Waals surface area contributed by atoms with Crippen LogP contribution in [-0.2, 0) is 62.6 Å². The van der Waals surface area contributed by atoms with E-state index >= 15 is 28.8 Å². The molecule has 10 aliphatic rings. The van der Waals surface area contributed by atoms with Crippen LogP contribution in [0.2, 0.25) is 5.02 Å². The second kappa shape index (κ2) is 36.6. The van der Waals surface area contributed by atoms with E-state index in [0.29, 0.717) is 25.0 Å². The zero-order valence-electron chi connectivity index (χ0n) is 65.4. The van der Waals surface area contributed by atoms with Crippen LogP contribution in [-0.4, -0.2) is 204 Å². The number of fused-ring (bicyclic) bond motifs is 15. The number of phenolic OH excluding ortho intramolecular Hbond substituents is 3. The average molecular weight is 1690 g/mol. The first-order valence-corrected chi connectivity index (χ1v) is 41.1. The van der Waals surface area contributed by atoms with Gasteiger partial charge in [-0.15, -0.1) is 0 Å². The summed E-state index contributed by atoms with van der Waals surface area (Å²) >= 11 is 7.19. The summed E-state index contributed by atoms with van der Waals surface area (Å²) in [4.78, 5) is 124. The number of amides is 8. The third kappa shape index (κ3) is 19.1. The molecule has 0 spiro atoms. The highest BCUT2D eigenvalue weighted by atomic mass is 35.5. The van der Waals surface area contributed by atoms with Gasteiger partial charge in [0.05, 0.1) is 42.2 Å². The topological polar surface area (TPSA) is 531 Å². The fraction of sp³-hybridized carbons (Fsp3) is 0.463. The molecule has 35 nitrogen and oxygen atoms in total. The van der Waals surface area contributed by atoms with Crippen LogP contribution in [0.1, 0.15) is 129 Å². The molecule has 14 atom stereocenters. The number of halogens is 1. The number of benzene rings is 6. The number of hydrogen-bond donors (Lipinski definition) is 18. The van der Waals surface area contributed by atoms with Gasteiger partial charge < -0.3 is 122 Å². The van der Waals surface area contributed by atoms with Gasteiger partial charge in [-0.2, -0.15) is 0 Å². The monoisotopic (exact) mass is 1690 g/mol. The minimum atomic E-state index is -4.92. The molecule has 4 aliphatic carbocycles. The maximum Gasteiger partial charge on any atom is 0.264 e. The molecule has 5 fully saturated rings. The van der Waals surface area contributed by atoms with Crippen molar-refractivity contribution in [3.05, 3.63) is 142 Å². The summed E-state index contributed by atoms with van der Waals surface area (Å²) < 4.78 is 72.7. The number of carbonyl (C=O) groups is 8. The van der Waals surface area contributed by atoms with Gasteiger partial charge in [-0.3, -0.25) is 38.4 Å². The molecule has 19 N–H and O–H groups in total. The SMILES string of the molecule is CCOCCOCCOc1ccc(S(=O)(=O)NC(=O)C[C@@H]2NC(=O)[C@H](NC(=O)[C@@H](CC(C)C)NC)[C@H](O)c3ccc(c(C)c3)Oc3cc4cc(c3O[C@@H]3O[C@H](CN)[C@@H](O)[C@H](O)[C@H]3O)Oc3ccc(cc3Cl)[C@@H](O)[C@@H]3NC(=O)[C@H](NC(=O)[C@@H]4NC2=O)c2ccc(O)c(c2)-c2c(O)cc(O)cc2[C@@H](C(=O)NC2C4CC5CC(C4)CC2C5)NC3=O)cc1. The van der Waals surface area contributed by atoms with Gasteiger partial charge in [-0.25, -0.2) is 13.1 Å². The van der Waals surface area contributed by atoms with Crippen LogP contribution in [0.5, 0.6) is 51.7 Å². The minimum absolute atomic E-state index is 0.0519. The molecule has 0 aromatic heterocycles. The normalized spacial score (nSPS) is 27.5. The summed E-state index contributed by atoms with van der Waals surface area (Å²) in [5.41, 5.74) is 4.04. The Morgan fingerprint density at radius 3 is 1.92 bits per heavy atom. The van der Waals surface area contributed by atoms with E-state index in [4.69, 9.17) is 50.5 Å². The van der Waals surface area contributed by atoms with E-state index in [0.717, 1.165) is 92.8 Å². The number of ether oxygens (including phenoxy) is 7. The molecule has 4 saturated carbocycles. The molecule has 37 heteroatoms. The van der Waals surface area contributed by atoms with Crippen LogP contribution in [0.15, 0.2) is 108 Å². The number of nitrogens with one attached hydrogen (secondary N) is 9. The molecular formula is C82H97ClN10O25S. The molecule has 15 bridgehead atoms. The van der Waals surface area contributed by atoms with Gasteiger partial charge in [-0.1, -0.05) is 43.6 Å². The lowest BCUT2D eigenvalue weighted by Gasteiger charge is -2.54. The lowest BCUT2D eigenvalue weighted by Crippen LogP contribution is -2.60. The largest absolute Gasteiger partial charge is 0.508 e. The van der Waals surface area contributed by atoms with Crippen LogP contribution in [0.4, 0.5) is 0 Å². The molecule has 6 heterocycles. The van der Waals surface area contributed by atoms with Gasteiger partial charge in [-0.05, 0) is 201 Å². The summed E-state index contributed by atoms with van der Waals surface area (Å²) in [6.45, 7) is 7.83. The number of carbonyl (C=O) groups excluding carboxylic acids is 8. The third-order valence-corrected chi connectivity index (χ3v) is 24.4. The van der Waals surface area contributed by atoms with Crippen molar-refractivity contribution in [1.82, 2.24) is 47.3 Å². The van der Waals surface area contributed by atoms with Gasteiger partial charge in [0, 0.05) is 36.4 Å². The summed E-state index contributed by atoms with van der Waals surface area (Å²) in [6, 6.07) is 5.03. The Hall–Kier alpha value is -10.5. The highest BCUT2D eigenvalue weighted by Crippen LogP contribution is 2.55. The quantitative estimate of drug-likeness (QED) is 0.0434. The lowest BCUT2D eigenvalue weighted by molar-refractivity contribution is -0.270. The smallest absolute Gasteiger partial charge is 0.264 e. The number of phenols is 3. The molecule has 6 aromatic rings. The molecule has 0 unspecified atom stereocenters. The first-order chi connectivity index (χ1) is 56.8. The van der Waals surface area contributed by atoms with Crippen LogP contribution in [0, 0.1) is 36.5 Å². The maximum absolute atomic E-state index is 16.5. The van der Waals surface area contributed by atoms with Gasteiger partial charge in [0.15, 0.2) is 11.5 Å². The fourth-order valence-corrected chi connectivity index (χ4v) is 18.1. The molecule has 0 radical (unpaired) electrons. The molecule has 16 rings (SSSR count). The van der Waals surface area contributed by atoms with E-state index in [1.165, 1.54) is 56.4 Å². The first-order valence-electron chi connectivity index (χ1n) is 39.3. The second-order valence-electron chi connectivity index (χ2n) is 31.4. The highest BCUT2D eigenvalue weighted by molar-refractivity contribution is 7.90. The number of sulfonamides is 1. The Balaban J connectivity index is 0.976. The summed E-state index contributed by atoms with van der Waals surface area (Å²) in [7, 11) is -3.44. The lowest BCUT2D eigenvalue weighted by atomic mass is 9.54. The minimum Gasteiger partial charge on any atom is -0.508 e. The van der Waals surface area contributed by atoms with E-state index in [9.17, 15) is 58.9 Å². The Morgan fingerprint density at radius 1 is 0.639 bits per heavy atom. The number of aliphatic hydroxyl groups is 5. The second-order valence-corrected chi connectivity index (χ2v) is 33.5. The summed E-state index contributed by atoms with van der Waals surface area (Å²) in [5, 5.41) is 116. The predicted molar refractivity (Wildman–Crippen MR) is 421 cm³/mol. The highest BCUT2D eigenvalue weighted by Gasteiger charge is 2.51. The summed E-state index contributed by atoms with van der Waals surface area (Å²) in [6.07, 6.45) is -10.4. The van der Waals surface area contributed by atoms with Crippen LogP contribution in [0.3, 0.4) is 0 Å². The maximum atomic E-state index is 16.5. The van der Waals surface area contributed by atoms with E-state index in [-0.39, 0.29) is 111 Å². The van der Waals surface area contributed by atoms with E-state index in [1.807, 2.05) is 25.5 Å². The Labute approximate surface area is 688 Å². The van der Waals surface area contributed by atoms with Crippen molar-refractivity contribution >= 4 is 68.9 Å². The van der Waals surface area contributed by atoms with Crippen LogP contribution in [0.25, 0.3) is 11.1 Å². The Bertz CT molecular complexity index is 4940. The summed E-state index contributed by atoms with van der Waals surface area (Å²) in [5.74, 6) is -13.3. The van der Waals surface area contributed by atoms with Crippen LogP contribution >= 0.6 is 11.6 Å². The number of nitrogens with two attached hydrogens (primary N) is 1. The van der Waals surface area contributed by atoms with Crippen molar-refractivity contribution in [1.29, 1.82) is 0 Å². The molecule has 6 aliphatic heterocycles. The Morgan fingerprint density at radius 2 is 1.27 bits per heavy atom. The van der Waals surface area contributed by atoms with Crippen molar-refractivity contribution < 1.29 is 121 Å². The van der Waals surface area contributed by atoms with Crippen molar-refractivity contribution in [3.8, 4) is 62.9 Å². The third-order valence-electron chi connectivity index (χ3n) is 22.7.